The monoisotopic (exact) mass is 425 g/mol. The van der Waals surface area contributed by atoms with Crippen molar-refractivity contribution in [2.75, 3.05) is 5.32 Å². The molecule has 2 unspecified atom stereocenters. The maximum Gasteiger partial charge on any atom is 0.319 e. The second-order valence-electron chi connectivity index (χ2n) is 5.27. The molecule has 7 heteroatoms. The largest absolute Gasteiger partial charge is 0.452 e. The molecule has 132 valence electrons. The van der Waals surface area contributed by atoms with E-state index < -0.39 is 29.0 Å². The highest BCUT2D eigenvalue weighted by Crippen LogP contribution is 2.24. The van der Waals surface area contributed by atoms with Crippen LogP contribution in [-0.2, 0) is 14.3 Å². The van der Waals surface area contributed by atoms with Crippen molar-refractivity contribution in [2.45, 2.75) is 30.1 Å². The summed E-state index contributed by atoms with van der Waals surface area (Å²) in [5.74, 6) is -1.67. The molecule has 1 N–H and O–H groups in total. The van der Waals surface area contributed by atoms with Crippen LogP contribution in [0.1, 0.15) is 13.8 Å². The first kappa shape index (κ1) is 19.5. The molecule has 2 atom stereocenters. The normalized spacial score (nSPS) is 13.0. The van der Waals surface area contributed by atoms with E-state index >= 15 is 0 Å². The van der Waals surface area contributed by atoms with Crippen molar-refractivity contribution in [2.24, 2.45) is 0 Å². The molecule has 0 aromatic heterocycles. The van der Waals surface area contributed by atoms with Crippen LogP contribution >= 0.6 is 27.7 Å². The van der Waals surface area contributed by atoms with Crippen LogP contribution < -0.4 is 5.32 Å². The Hall–Kier alpha value is -1.86. The van der Waals surface area contributed by atoms with Gasteiger partial charge in [-0.25, -0.2) is 4.39 Å². The standard InChI is InChI=1S/C18H17BrFNO3S/c1-11(17(22)21-16-9-8-13(19)10-15(16)20)24-18(23)12(2)25-14-6-4-3-5-7-14/h3-12H,1-2H3,(H,21,22). The van der Waals surface area contributed by atoms with E-state index in [-0.39, 0.29) is 5.69 Å². The lowest BCUT2D eigenvalue weighted by molar-refractivity contribution is -0.152. The zero-order valence-corrected chi connectivity index (χ0v) is 16.1. The number of hydrogen-bond donors (Lipinski definition) is 1. The van der Waals surface area contributed by atoms with Crippen LogP contribution in [0.2, 0.25) is 0 Å². The molecule has 0 heterocycles. The summed E-state index contributed by atoms with van der Waals surface area (Å²) in [4.78, 5) is 25.1. The second kappa shape index (κ2) is 9.01. The van der Waals surface area contributed by atoms with E-state index in [1.165, 1.54) is 30.8 Å². The lowest BCUT2D eigenvalue weighted by Gasteiger charge is -2.16. The Bertz CT molecular complexity index is 757. The molecule has 0 saturated heterocycles. The van der Waals surface area contributed by atoms with Gasteiger partial charge in [-0.05, 0) is 44.2 Å². The van der Waals surface area contributed by atoms with Crippen LogP contribution in [0.15, 0.2) is 57.9 Å². The molecule has 0 aliphatic carbocycles. The number of halogens is 2. The number of nitrogens with one attached hydrogen (secondary N) is 1. The van der Waals surface area contributed by atoms with Gasteiger partial charge in [0.05, 0.1) is 5.69 Å². The summed E-state index contributed by atoms with van der Waals surface area (Å²) >= 11 is 4.48. The molecule has 0 radical (unpaired) electrons. The van der Waals surface area contributed by atoms with Gasteiger partial charge in [0.2, 0.25) is 0 Å². The molecular weight excluding hydrogens is 409 g/mol. The summed E-state index contributed by atoms with van der Waals surface area (Å²) in [6.45, 7) is 3.16. The van der Waals surface area contributed by atoms with Crippen molar-refractivity contribution in [3.63, 3.8) is 0 Å². The molecule has 0 aliphatic heterocycles. The minimum Gasteiger partial charge on any atom is -0.452 e. The molecule has 0 bridgehead atoms. The lowest BCUT2D eigenvalue weighted by atomic mass is 10.3. The van der Waals surface area contributed by atoms with E-state index in [1.54, 1.807) is 13.0 Å². The van der Waals surface area contributed by atoms with Crippen molar-refractivity contribution >= 4 is 45.3 Å². The van der Waals surface area contributed by atoms with Crippen LogP contribution in [0.3, 0.4) is 0 Å². The molecule has 2 aromatic rings. The highest BCUT2D eigenvalue weighted by molar-refractivity contribution is 9.10. The second-order valence-corrected chi connectivity index (χ2v) is 7.60. The number of thioether (sulfide) groups is 1. The molecule has 1 amide bonds. The van der Waals surface area contributed by atoms with Crippen molar-refractivity contribution in [1.82, 2.24) is 0 Å². The minimum absolute atomic E-state index is 0.0304. The van der Waals surface area contributed by atoms with E-state index in [0.29, 0.717) is 4.47 Å². The molecule has 0 aliphatic rings. The predicted octanol–water partition coefficient (Wildman–Crippen LogP) is 4.64. The van der Waals surface area contributed by atoms with Crippen molar-refractivity contribution in [3.8, 4) is 0 Å². The van der Waals surface area contributed by atoms with E-state index in [2.05, 4.69) is 21.2 Å². The van der Waals surface area contributed by atoms with Gasteiger partial charge in [0.1, 0.15) is 11.1 Å². The highest BCUT2D eigenvalue weighted by atomic mass is 79.9. The first-order chi connectivity index (χ1) is 11.9. The maximum absolute atomic E-state index is 13.8. The van der Waals surface area contributed by atoms with Crippen LogP contribution in [0.4, 0.5) is 10.1 Å². The van der Waals surface area contributed by atoms with E-state index in [1.807, 2.05) is 30.3 Å². The van der Waals surface area contributed by atoms with Gasteiger partial charge in [0.25, 0.3) is 5.91 Å². The fourth-order valence-corrected chi connectivity index (χ4v) is 3.11. The molecule has 4 nitrogen and oxygen atoms in total. The molecule has 0 fully saturated rings. The summed E-state index contributed by atoms with van der Waals surface area (Å²) in [5, 5.41) is 1.94. The number of ether oxygens (including phenoxy) is 1. The average molecular weight is 426 g/mol. The van der Waals surface area contributed by atoms with Crippen LogP contribution in [0, 0.1) is 5.82 Å². The number of rotatable bonds is 6. The van der Waals surface area contributed by atoms with Crippen molar-refractivity contribution in [1.29, 1.82) is 0 Å². The Morgan fingerprint density at radius 2 is 1.84 bits per heavy atom. The first-order valence-corrected chi connectivity index (χ1v) is 9.22. The molecule has 2 aromatic carbocycles. The minimum atomic E-state index is -1.03. The van der Waals surface area contributed by atoms with Gasteiger partial charge >= 0.3 is 5.97 Å². The van der Waals surface area contributed by atoms with Crippen molar-refractivity contribution < 1.29 is 18.7 Å². The molecule has 25 heavy (non-hydrogen) atoms. The number of carbonyl (C=O) groups is 2. The summed E-state index contributed by atoms with van der Waals surface area (Å²) in [7, 11) is 0. The maximum atomic E-state index is 13.8. The van der Waals surface area contributed by atoms with Gasteiger partial charge in [0, 0.05) is 9.37 Å². The van der Waals surface area contributed by atoms with E-state index in [9.17, 15) is 14.0 Å². The average Bonchev–Trinajstić information content (AvgIpc) is 2.58. The third-order valence-electron chi connectivity index (χ3n) is 3.24. The highest BCUT2D eigenvalue weighted by Gasteiger charge is 2.23. The van der Waals surface area contributed by atoms with Crippen LogP contribution in [-0.4, -0.2) is 23.2 Å². The summed E-state index contributed by atoms with van der Waals surface area (Å²) in [6.07, 6.45) is -1.03. The zero-order valence-electron chi connectivity index (χ0n) is 13.7. The summed E-state index contributed by atoms with van der Waals surface area (Å²) in [6, 6.07) is 13.7. The topological polar surface area (TPSA) is 55.4 Å². The van der Waals surface area contributed by atoms with Gasteiger partial charge in [0.15, 0.2) is 6.10 Å². The summed E-state index contributed by atoms with van der Waals surface area (Å²) < 4.78 is 19.5. The zero-order chi connectivity index (χ0) is 18.4. The Morgan fingerprint density at radius 1 is 1.16 bits per heavy atom. The first-order valence-electron chi connectivity index (χ1n) is 7.55. The Morgan fingerprint density at radius 3 is 2.48 bits per heavy atom. The molecule has 2 rings (SSSR count). The van der Waals surface area contributed by atoms with Crippen LogP contribution in [0.25, 0.3) is 0 Å². The van der Waals surface area contributed by atoms with E-state index in [0.717, 1.165) is 4.90 Å². The Labute approximate surface area is 158 Å². The molecule has 0 spiro atoms. The van der Waals surface area contributed by atoms with Gasteiger partial charge in [-0.2, -0.15) is 0 Å². The number of hydrogen-bond acceptors (Lipinski definition) is 4. The lowest BCUT2D eigenvalue weighted by Crippen LogP contribution is -2.32. The Balaban J connectivity index is 1.90. The quantitative estimate of drug-likeness (QED) is 0.540. The van der Waals surface area contributed by atoms with Gasteiger partial charge in [-0.15, -0.1) is 11.8 Å². The fraction of sp³-hybridized carbons (Fsp3) is 0.222. The van der Waals surface area contributed by atoms with Gasteiger partial charge < -0.3 is 10.1 Å². The number of benzene rings is 2. The number of esters is 1. The number of amides is 1. The van der Waals surface area contributed by atoms with Crippen LogP contribution in [0.5, 0.6) is 0 Å². The fourth-order valence-electron chi connectivity index (χ4n) is 1.90. The molecular formula is C18H17BrFNO3S. The molecule has 0 saturated carbocycles. The third kappa shape index (κ3) is 5.86. The third-order valence-corrected chi connectivity index (χ3v) is 4.82. The number of carbonyl (C=O) groups excluding carboxylic acids is 2. The van der Waals surface area contributed by atoms with Gasteiger partial charge in [-0.1, -0.05) is 34.1 Å². The Kier molecular flexibility index (Phi) is 7.01. The van der Waals surface area contributed by atoms with Gasteiger partial charge in [-0.3, -0.25) is 9.59 Å². The summed E-state index contributed by atoms with van der Waals surface area (Å²) in [5.41, 5.74) is 0.0304. The smallest absolute Gasteiger partial charge is 0.319 e. The van der Waals surface area contributed by atoms with E-state index in [4.69, 9.17) is 4.74 Å². The predicted molar refractivity (Wildman–Crippen MR) is 100 cm³/mol. The van der Waals surface area contributed by atoms with Crippen molar-refractivity contribution in [3.05, 3.63) is 58.8 Å². The SMILES string of the molecule is CC(OC(=O)C(C)Sc1ccccc1)C(=O)Nc1ccc(Br)cc1F. The number of anilines is 1.